The van der Waals surface area contributed by atoms with Crippen LogP contribution >= 0.6 is 0 Å². The van der Waals surface area contributed by atoms with Crippen LogP contribution in [0.15, 0.2) is 42.5 Å². The molecule has 3 fully saturated rings. The Labute approximate surface area is 166 Å². The average molecular weight is 374 g/mol. The fourth-order valence-electron chi connectivity index (χ4n) is 5.89. The number of aryl methyl sites for hydroxylation is 3. The first-order valence-electron chi connectivity index (χ1n) is 10.2. The Morgan fingerprint density at radius 1 is 0.821 bits per heavy atom. The number of Topliss-reactive ketones (excluding diaryl/α,β-unsaturated/α-hetero) is 2. The molecule has 3 aliphatic rings. The monoisotopic (exact) mass is 374 g/mol. The summed E-state index contributed by atoms with van der Waals surface area (Å²) in [6, 6.07) is 14.1. The van der Waals surface area contributed by atoms with Gasteiger partial charge in [-0.25, -0.2) is 10.0 Å². The van der Waals surface area contributed by atoms with E-state index < -0.39 is 5.92 Å². The number of carbonyl (C=O) groups excluding carboxylic acids is 2. The van der Waals surface area contributed by atoms with Gasteiger partial charge in [-0.1, -0.05) is 48.0 Å². The van der Waals surface area contributed by atoms with Gasteiger partial charge in [-0.3, -0.25) is 9.59 Å². The Balaban J connectivity index is 1.62. The quantitative estimate of drug-likeness (QED) is 0.755. The molecule has 4 atom stereocenters. The van der Waals surface area contributed by atoms with Crippen molar-refractivity contribution in [2.24, 2.45) is 5.92 Å². The smallest absolute Gasteiger partial charge is 0.167 e. The van der Waals surface area contributed by atoms with Gasteiger partial charge >= 0.3 is 0 Å². The summed E-state index contributed by atoms with van der Waals surface area (Å²) in [4.78, 5) is 27.3. The predicted molar refractivity (Wildman–Crippen MR) is 108 cm³/mol. The molecule has 1 unspecified atom stereocenters. The van der Waals surface area contributed by atoms with Crippen molar-refractivity contribution < 1.29 is 9.59 Å². The standard InChI is InChI=1S/C24H26N2O2/c1-14-12-15(2)18(16(3)13-14)19-23(27)20-21(17-8-5-4-6-9-17)25-10-7-11-26(25)22(20)24(19)28/h4-6,8-9,12-13,19-22H,7,10-11H2,1-3H3/t19?,20-,21+,22-/m1/s1. The van der Waals surface area contributed by atoms with Crippen LogP contribution in [0.2, 0.25) is 0 Å². The Bertz CT molecular complexity index is 945. The summed E-state index contributed by atoms with van der Waals surface area (Å²) in [7, 11) is 0. The summed E-state index contributed by atoms with van der Waals surface area (Å²) in [5.74, 6) is -0.700. The van der Waals surface area contributed by atoms with Gasteiger partial charge in [0.2, 0.25) is 0 Å². The van der Waals surface area contributed by atoms with Gasteiger partial charge in [0.05, 0.1) is 18.0 Å². The largest absolute Gasteiger partial charge is 0.298 e. The average Bonchev–Trinajstić information content (AvgIpc) is 3.29. The number of ketones is 2. The molecule has 0 spiro atoms. The first-order valence-corrected chi connectivity index (χ1v) is 10.2. The van der Waals surface area contributed by atoms with Gasteiger partial charge in [-0.05, 0) is 49.4 Å². The van der Waals surface area contributed by atoms with Crippen LogP contribution in [0.3, 0.4) is 0 Å². The second-order valence-electron chi connectivity index (χ2n) is 8.56. The fraction of sp³-hybridized carbons (Fsp3) is 0.417. The van der Waals surface area contributed by atoms with Crippen LogP contribution in [0, 0.1) is 26.7 Å². The summed E-state index contributed by atoms with van der Waals surface area (Å²) in [6.07, 6.45) is 1.04. The second kappa shape index (κ2) is 6.36. The Kier molecular flexibility index (Phi) is 4.04. The molecule has 0 amide bonds. The highest BCUT2D eigenvalue weighted by molar-refractivity contribution is 6.18. The van der Waals surface area contributed by atoms with E-state index in [2.05, 4.69) is 41.2 Å². The van der Waals surface area contributed by atoms with Crippen LogP contribution in [0.1, 0.15) is 46.2 Å². The molecule has 2 saturated heterocycles. The van der Waals surface area contributed by atoms with Gasteiger partial charge in [0.15, 0.2) is 11.6 Å². The zero-order valence-corrected chi connectivity index (χ0v) is 16.7. The maximum atomic E-state index is 13.7. The van der Waals surface area contributed by atoms with Crippen molar-refractivity contribution in [3.8, 4) is 0 Å². The van der Waals surface area contributed by atoms with E-state index in [9.17, 15) is 9.59 Å². The maximum Gasteiger partial charge on any atom is 0.167 e. The number of fused-ring (bicyclic) bond motifs is 3. The molecule has 28 heavy (non-hydrogen) atoms. The molecule has 5 rings (SSSR count). The highest BCUT2D eigenvalue weighted by Crippen LogP contribution is 2.52. The second-order valence-corrected chi connectivity index (χ2v) is 8.56. The van der Waals surface area contributed by atoms with Gasteiger partial charge in [0, 0.05) is 13.1 Å². The van der Waals surface area contributed by atoms with Crippen molar-refractivity contribution in [1.29, 1.82) is 0 Å². The number of rotatable bonds is 2. The molecule has 2 aromatic rings. The number of benzene rings is 2. The lowest BCUT2D eigenvalue weighted by atomic mass is 9.84. The normalized spacial score (nSPS) is 30.1. The highest BCUT2D eigenvalue weighted by Gasteiger charge is 2.63. The molecular weight excluding hydrogens is 348 g/mol. The van der Waals surface area contributed by atoms with E-state index in [1.165, 1.54) is 5.56 Å². The minimum absolute atomic E-state index is 0.0267. The summed E-state index contributed by atoms with van der Waals surface area (Å²) in [5, 5.41) is 4.48. The first kappa shape index (κ1) is 17.8. The Morgan fingerprint density at radius 3 is 2.07 bits per heavy atom. The fourth-order valence-corrected chi connectivity index (χ4v) is 5.89. The van der Waals surface area contributed by atoms with Gasteiger partial charge in [0.1, 0.15) is 5.92 Å². The summed E-state index contributed by atoms with van der Waals surface area (Å²) < 4.78 is 0. The third-order valence-electron chi connectivity index (χ3n) is 6.78. The Morgan fingerprint density at radius 2 is 1.43 bits per heavy atom. The highest BCUT2D eigenvalue weighted by atomic mass is 16.2. The van der Waals surface area contributed by atoms with Crippen LogP contribution in [-0.2, 0) is 9.59 Å². The molecular formula is C24H26N2O2. The van der Waals surface area contributed by atoms with Crippen LogP contribution in [0.4, 0.5) is 0 Å². The van der Waals surface area contributed by atoms with Gasteiger partial charge in [0.25, 0.3) is 0 Å². The van der Waals surface area contributed by atoms with Crippen LogP contribution < -0.4 is 0 Å². The lowest BCUT2D eigenvalue weighted by molar-refractivity contribution is -0.129. The van der Waals surface area contributed by atoms with E-state index in [1.807, 2.05) is 32.0 Å². The summed E-state index contributed by atoms with van der Waals surface area (Å²) in [5.41, 5.74) is 5.36. The van der Waals surface area contributed by atoms with E-state index in [-0.39, 0.29) is 29.6 Å². The number of carbonyl (C=O) groups is 2. The molecule has 0 N–H and O–H groups in total. The van der Waals surface area contributed by atoms with E-state index in [0.717, 1.165) is 41.8 Å². The minimum Gasteiger partial charge on any atom is -0.298 e. The lowest BCUT2D eigenvalue weighted by Gasteiger charge is -2.29. The molecule has 0 aromatic heterocycles. The van der Waals surface area contributed by atoms with Crippen molar-refractivity contribution in [3.05, 3.63) is 70.3 Å². The summed E-state index contributed by atoms with van der Waals surface area (Å²) in [6.45, 7) is 7.90. The van der Waals surface area contributed by atoms with Crippen molar-refractivity contribution >= 4 is 11.6 Å². The number of nitrogens with zero attached hydrogens (tertiary/aromatic N) is 2. The van der Waals surface area contributed by atoms with Crippen LogP contribution in [0.5, 0.6) is 0 Å². The van der Waals surface area contributed by atoms with Gasteiger partial charge < -0.3 is 0 Å². The van der Waals surface area contributed by atoms with Crippen LogP contribution in [-0.4, -0.2) is 40.7 Å². The van der Waals surface area contributed by atoms with E-state index in [1.54, 1.807) is 0 Å². The molecule has 1 saturated carbocycles. The summed E-state index contributed by atoms with van der Waals surface area (Å²) >= 11 is 0. The van der Waals surface area contributed by atoms with Crippen molar-refractivity contribution in [2.45, 2.75) is 45.2 Å². The third-order valence-corrected chi connectivity index (χ3v) is 6.78. The molecule has 2 aliphatic heterocycles. The van der Waals surface area contributed by atoms with E-state index in [4.69, 9.17) is 0 Å². The van der Waals surface area contributed by atoms with Crippen molar-refractivity contribution in [3.63, 3.8) is 0 Å². The molecule has 1 aliphatic carbocycles. The first-order chi connectivity index (χ1) is 13.5. The van der Waals surface area contributed by atoms with Crippen molar-refractivity contribution in [1.82, 2.24) is 10.0 Å². The molecule has 2 heterocycles. The topological polar surface area (TPSA) is 40.6 Å². The number of hydrogen-bond donors (Lipinski definition) is 0. The molecule has 144 valence electrons. The molecule has 4 heteroatoms. The van der Waals surface area contributed by atoms with Gasteiger partial charge in [-0.2, -0.15) is 0 Å². The van der Waals surface area contributed by atoms with Crippen molar-refractivity contribution in [2.75, 3.05) is 13.1 Å². The number of hydrazine groups is 1. The zero-order chi connectivity index (χ0) is 19.6. The molecule has 4 nitrogen and oxygen atoms in total. The van der Waals surface area contributed by atoms with E-state index in [0.29, 0.717) is 0 Å². The minimum atomic E-state index is -0.621. The maximum absolute atomic E-state index is 13.7. The molecule has 0 bridgehead atoms. The SMILES string of the molecule is Cc1cc(C)c(C2C(=O)[C@H]3[C@H](C2=O)N2CCCN2[C@H]3c2ccccc2)c(C)c1. The molecule has 2 aromatic carbocycles. The third kappa shape index (κ3) is 2.38. The predicted octanol–water partition coefficient (Wildman–Crippen LogP) is 3.51. The molecule has 0 radical (unpaired) electrons. The van der Waals surface area contributed by atoms with Gasteiger partial charge in [-0.15, -0.1) is 0 Å². The van der Waals surface area contributed by atoms with E-state index >= 15 is 0 Å². The number of hydrogen-bond acceptors (Lipinski definition) is 4. The zero-order valence-electron chi connectivity index (χ0n) is 16.7. The Hall–Kier alpha value is -2.30. The lowest BCUT2D eigenvalue weighted by Crippen LogP contribution is -2.40. The van der Waals surface area contributed by atoms with Crippen LogP contribution in [0.25, 0.3) is 0 Å².